The average Bonchev–Trinajstić information content (AvgIpc) is 2.25. The van der Waals surface area contributed by atoms with Gasteiger partial charge in [0.2, 0.25) is 0 Å². The molecule has 0 radical (unpaired) electrons. The Morgan fingerprint density at radius 1 is 1.56 bits per heavy atom. The Morgan fingerprint density at radius 2 is 2.25 bits per heavy atom. The molecule has 7 heteroatoms. The smallest absolute Gasteiger partial charge is 0.366 e. The number of nitrogens with one attached hydrogen (secondary N) is 1. The van der Waals surface area contributed by atoms with E-state index in [4.69, 9.17) is 4.74 Å². The van der Waals surface area contributed by atoms with Gasteiger partial charge in [-0.2, -0.15) is 13.2 Å². The van der Waals surface area contributed by atoms with Crippen molar-refractivity contribution in [1.82, 2.24) is 10.2 Å². The maximum atomic E-state index is 12.2. The summed E-state index contributed by atoms with van der Waals surface area (Å²) in [6.07, 6.45) is -5.16. The van der Waals surface area contributed by atoms with Crippen molar-refractivity contribution in [3.8, 4) is 0 Å². The Bertz CT molecular complexity index is 239. The summed E-state index contributed by atoms with van der Waals surface area (Å²) in [5.74, 6) is -0.605. The van der Waals surface area contributed by atoms with Crippen LogP contribution in [-0.2, 0) is 9.53 Å². The maximum absolute atomic E-state index is 12.2. The number of carbonyl (C=O) groups is 1. The molecule has 0 aromatic rings. The van der Waals surface area contributed by atoms with Gasteiger partial charge in [0.25, 0.3) is 5.91 Å². The van der Waals surface area contributed by atoms with E-state index in [0.29, 0.717) is 13.2 Å². The van der Waals surface area contributed by atoms with Gasteiger partial charge in [-0.25, -0.2) is 0 Å². The predicted molar refractivity (Wildman–Crippen MR) is 50.9 cm³/mol. The summed E-state index contributed by atoms with van der Waals surface area (Å²) in [6.45, 7) is 1.56. The van der Waals surface area contributed by atoms with E-state index < -0.39 is 24.7 Å². The molecular formula is C9H15F3N2O2. The number of halogens is 3. The molecule has 0 aromatic heterocycles. The Morgan fingerprint density at radius 3 is 2.69 bits per heavy atom. The lowest BCUT2D eigenvalue weighted by Gasteiger charge is -2.29. The Kier molecular flexibility index (Phi) is 4.55. The van der Waals surface area contributed by atoms with E-state index in [2.05, 4.69) is 5.32 Å². The third-order valence-electron chi connectivity index (χ3n) is 2.27. The minimum Gasteiger partial charge on any atom is -0.366 e. The van der Waals surface area contributed by atoms with E-state index in [1.165, 1.54) is 6.92 Å². The lowest BCUT2D eigenvalue weighted by molar-refractivity contribution is -0.168. The second-order valence-electron chi connectivity index (χ2n) is 3.53. The topological polar surface area (TPSA) is 41.6 Å². The van der Waals surface area contributed by atoms with E-state index >= 15 is 0 Å². The normalized spacial score (nSPS) is 21.9. The number of nitrogens with zero attached hydrogens (tertiary/aromatic N) is 1. The van der Waals surface area contributed by atoms with Crippen LogP contribution in [0, 0.1) is 0 Å². The second-order valence-corrected chi connectivity index (χ2v) is 3.53. The van der Waals surface area contributed by atoms with Crippen molar-refractivity contribution in [2.45, 2.75) is 19.2 Å². The van der Waals surface area contributed by atoms with Gasteiger partial charge in [-0.3, -0.25) is 4.79 Å². The highest BCUT2D eigenvalue weighted by atomic mass is 19.4. The van der Waals surface area contributed by atoms with E-state index in [1.807, 2.05) is 0 Å². The first-order chi connectivity index (χ1) is 7.44. The van der Waals surface area contributed by atoms with Crippen LogP contribution >= 0.6 is 0 Å². The SMILES string of the molecule is CCN(CC(F)(F)F)C(=O)C1CNCCO1. The first-order valence-electron chi connectivity index (χ1n) is 5.12. The zero-order chi connectivity index (χ0) is 12.2. The van der Waals surface area contributed by atoms with Crippen LogP contribution in [0.4, 0.5) is 13.2 Å². The van der Waals surface area contributed by atoms with Crippen molar-refractivity contribution in [3.05, 3.63) is 0 Å². The molecule has 16 heavy (non-hydrogen) atoms. The molecule has 1 N–H and O–H groups in total. The van der Waals surface area contributed by atoms with Gasteiger partial charge in [0.15, 0.2) is 0 Å². The molecule has 1 atom stereocenters. The molecule has 0 bridgehead atoms. The monoisotopic (exact) mass is 240 g/mol. The molecule has 1 heterocycles. The number of likely N-dealkylation sites (N-methyl/N-ethyl adjacent to an activating group) is 1. The number of ether oxygens (including phenoxy) is 1. The maximum Gasteiger partial charge on any atom is 0.406 e. The number of carbonyl (C=O) groups excluding carboxylic acids is 1. The third kappa shape index (κ3) is 3.97. The van der Waals surface area contributed by atoms with Gasteiger partial charge in [0.05, 0.1) is 6.61 Å². The summed E-state index contributed by atoms with van der Waals surface area (Å²) in [5, 5.41) is 2.90. The highest BCUT2D eigenvalue weighted by Gasteiger charge is 2.35. The zero-order valence-corrected chi connectivity index (χ0v) is 9.01. The summed E-state index contributed by atoms with van der Waals surface area (Å²) in [6, 6.07) is 0. The van der Waals surface area contributed by atoms with Crippen molar-refractivity contribution in [2.75, 3.05) is 32.8 Å². The molecule has 4 nitrogen and oxygen atoms in total. The quantitative estimate of drug-likeness (QED) is 0.775. The van der Waals surface area contributed by atoms with Crippen LogP contribution in [0.25, 0.3) is 0 Å². The van der Waals surface area contributed by atoms with Crippen LogP contribution in [0.3, 0.4) is 0 Å². The van der Waals surface area contributed by atoms with Gasteiger partial charge in [-0.15, -0.1) is 0 Å². The highest BCUT2D eigenvalue weighted by Crippen LogP contribution is 2.17. The van der Waals surface area contributed by atoms with Crippen molar-refractivity contribution in [3.63, 3.8) is 0 Å². The number of alkyl halides is 3. The molecule has 1 amide bonds. The number of hydrogen-bond donors (Lipinski definition) is 1. The lowest BCUT2D eigenvalue weighted by atomic mass is 10.2. The molecular weight excluding hydrogens is 225 g/mol. The lowest BCUT2D eigenvalue weighted by Crippen LogP contribution is -2.51. The Labute approximate surface area is 91.7 Å². The molecule has 1 fully saturated rings. The number of hydrogen-bond acceptors (Lipinski definition) is 3. The molecule has 1 saturated heterocycles. The minimum absolute atomic E-state index is 0.0260. The van der Waals surface area contributed by atoms with Crippen molar-refractivity contribution in [2.24, 2.45) is 0 Å². The van der Waals surface area contributed by atoms with Crippen molar-refractivity contribution < 1.29 is 22.7 Å². The Balaban J connectivity index is 2.54. The van der Waals surface area contributed by atoms with Crippen LogP contribution < -0.4 is 5.32 Å². The molecule has 0 saturated carbocycles. The molecule has 0 aromatic carbocycles. The minimum atomic E-state index is -4.37. The molecule has 1 unspecified atom stereocenters. The van der Waals surface area contributed by atoms with Crippen LogP contribution in [0.15, 0.2) is 0 Å². The molecule has 1 rings (SSSR count). The van der Waals surface area contributed by atoms with Gasteiger partial charge in [-0.1, -0.05) is 0 Å². The first-order valence-corrected chi connectivity index (χ1v) is 5.12. The average molecular weight is 240 g/mol. The van der Waals surface area contributed by atoms with Gasteiger partial charge in [0, 0.05) is 19.6 Å². The predicted octanol–water partition coefficient (Wildman–Crippen LogP) is 0.386. The Hall–Kier alpha value is -0.820. The third-order valence-corrected chi connectivity index (χ3v) is 2.27. The number of amides is 1. The highest BCUT2D eigenvalue weighted by molar-refractivity contribution is 5.81. The fraction of sp³-hybridized carbons (Fsp3) is 0.889. The molecule has 0 aliphatic carbocycles. The summed E-state index contributed by atoms with van der Waals surface area (Å²) < 4.78 is 41.6. The van der Waals surface area contributed by atoms with E-state index in [-0.39, 0.29) is 13.1 Å². The fourth-order valence-electron chi connectivity index (χ4n) is 1.49. The van der Waals surface area contributed by atoms with Crippen LogP contribution in [0.1, 0.15) is 6.92 Å². The van der Waals surface area contributed by atoms with Crippen LogP contribution in [0.2, 0.25) is 0 Å². The van der Waals surface area contributed by atoms with Crippen molar-refractivity contribution in [1.29, 1.82) is 0 Å². The number of rotatable bonds is 3. The van der Waals surface area contributed by atoms with Crippen LogP contribution in [-0.4, -0.2) is 55.9 Å². The summed E-state index contributed by atoms with van der Waals surface area (Å²) in [5.41, 5.74) is 0. The standard InChI is InChI=1S/C9H15F3N2O2/c1-2-14(6-9(10,11)12)8(15)7-5-13-3-4-16-7/h7,13H,2-6H2,1H3. The van der Waals surface area contributed by atoms with Gasteiger partial charge < -0.3 is 15.0 Å². The molecule has 94 valence electrons. The van der Waals surface area contributed by atoms with Gasteiger partial charge in [0.1, 0.15) is 12.6 Å². The van der Waals surface area contributed by atoms with E-state index in [0.717, 1.165) is 4.90 Å². The van der Waals surface area contributed by atoms with E-state index in [1.54, 1.807) is 0 Å². The largest absolute Gasteiger partial charge is 0.406 e. The summed E-state index contributed by atoms with van der Waals surface area (Å²) in [4.78, 5) is 12.4. The van der Waals surface area contributed by atoms with Gasteiger partial charge >= 0.3 is 6.18 Å². The summed E-state index contributed by atoms with van der Waals surface area (Å²) >= 11 is 0. The number of morpholine rings is 1. The van der Waals surface area contributed by atoms with Crippen molar-refractivity contribution >= 4 is 5.91 Å². The molecule has 0 spiro atoms. The molecule has 1 aliphatic rings. The van der Waals surface area contributed by atoms with Gasteiger partial charge in [-0.05, 0) is 6.92 Å². The van der Waals surface area contributed by atoms with E-state index in [9.17, 15) is 18.0 Å². The summed E-state index contributed by atoms with van der Waals surface area (Å²) in [7, 11) is 0. The zero-order valence-electron chi connectivity index (χ0n) is 9.01. The fourth-order valence-corrected chi connectivity index (χ4v) is 1.49. The molecule has 1 aliphatic heterocycles. The van der Waals surface area contributed by atoms with Crippen LogP contribution in [0.5, 0.6) is 0 Å². The second kappa shape index (κ2) is 5.49. The first kappa shape index (κ1) is 13.2.